The molecule has 0 unspecified atom stereocenters. The number of carbonyl (C=O) groups excluding carboxylic acids is 1. The molecule has 3 aromatic rings. The van der Waals surface area contributed by atoms with Crippen molar-refractivity contribution in [2.24, 2.45) is 0 Å². The van der Waals surface area contributed by atoms with Crippen LogP contribution in [0.5, 0.6) is 5.75 Å². The molecule has 0 radical (unpaired) electrons. The lowest BCUT2D eigenvalue weighted by atomic mass is 9.99. The second kappa shape index (κ2) is 4.93. The van der Waals surface area contributed by atoms with E-state index in [1.54, 1.807) is 30.3 Å². The van der Waals surface area contributed by atoms with Crippen LogP contribution < -0.4 is 0 Å². The SMILES string of the molecule is Cc1cc(C)c2c(c1)C(O)=C(c1ccc3cc(O)ccc3n1)C2=O. The number of hydrogen-bond donors (Lipinski definition) is 2. The van der Waals surface area contributed by atoms with Crippen LogP contribution in [-0.4, -0.2) is 21.0 Å². The van der Waals surface area contributed by atoms with Crippen LogP contribution in [0.25, 0.3) is 22.2 Å². The van der Waals surface area contributed by atoms with E-state index in [4.69, 9.17) is 0 Å². The van der Waals surface area contributed by atoms with Crippen molar-refractivity contribution in [1.82, 2.24) is 4.98 Å². The third-order valence-corrected chi connectivity index (χ3v) is 4.35. The van der Waals surface area contributed by atoms with Gasteiger partial charge in [-0.1, -0.05) is 17.7 Å². The Morgan fingerprint density at radius 2 is 1.75 bits per heavy atom. The van der Waals surface area contributed by atoms with E-state index in [-0.39, 0.29) is 22.9 Å². The van der Waals surface area contributed by atoms with Gasteiger partial charge in [-0.15, -0.1) is 0 Å². The molecule has 0 amide bonds. The molecule has 4 nitrogen and oxygen atoms in total. The zero-order valence-electron chi connectivity index (χ0n) is 13.3. The molecule has 2 aromatic carbocycles. The Labute approximate surface area is 138 Å². The first-order chi connectivity index (χ1) is 11.5. The van der Waals surface area contributed by atoms with Crippen LogP contribution in [0, 0.1) is 13.8 Å². The van der Waals surface area contributed by atoms with Gasteiger partial charge in [0.05, 0.1) is 16.8 Å². The number of aliphatic hydroxyl groups excluding tert-OH is 1. The molecule has 0 spiro atoms. The van der Waals surface area contributed by atoms with Crippen molar-refractivity contribution in [2.75, 3.05) is 0 Å². The number of aliphatic hydroxyl groups is 1. The third kappa shape index (κ3) is 2.00. The fraction of sp³-hybridized carbons (Fsp3) is 0.100. The summed E-state index contributed by atoms with van der Waals surface area (Å²) in [4.78, 5) is 17.3. The van der Waals surface area contributed by atoms with Gasteiger partial charge in [0.15, 0.2) is 5.78 Å². The minimum absolute atomic E-state index is 0.0209. The van der Waals surface area contributed by atoms with Crippen molar-refractivity contribution in [1.29, 1.82) is 0 Å². The minimum atomic E-state index is -0.203. The largest absolute Gasteiger partial charge is 0.508 e. The number of allylic oxidation sites excluding steroid dienone is 1. The number of phenols is 1. The maximum Gasteiger partial charge on any atom is 0.199 e. The summed E-state index contributed by atoms with van der Waals surface area (Å²) in [7, 11) is 0. The lowest BCUT2D eigenvalue weighted by Gasteiger charge is -2.05. The van der Waals surface area contributed by atoms with Crippen LogP contribution in [0.4, 0.5) is 0 Å². The summed E-state index contributed by atoms with van der Waals surface area (Å²) in [5.74, 6) is -0.0624. The fourth-order valence-electron chi connectivity index (χ4n) is 3.31. The van der Waals surface area contributed by atoms with Crippen LogP contribution in [0.2, 0.25) is 0 Å². The first kappa shape index (κ1) is 14.5. The number of nitrogens with zero attached hydrogens (tertiary/aromatic N) is 1. The van der Waals surface area contributed by atoms with Crippen molar-refractivity contribution in [2.45, 2.75) is 13.8 Å². The van der Waals surface area contributed by atoms with Crippen molar-refractivity contribution in [3.63, 3.8) is 0 Å². The van der Waals surface area contributed by atoms with Crippen molar-refractivity contribution in [3.8, 4) is 5.75 Å². The molecule has 0 saturated heterocycles. The van der Waals surface area contributed by atoms with Crippen LogP contribution in [0.1, 0.15) is 32.7 Å². The van der Waals surface area contributed by atoms with E-state index < -0.39 is 0 Å². The smallest absolute Gasteiger partial charge is 0.199 e. The highest BCUT2D eigenvalue weighted by Crippen LogP contribution is 2.38. The number of aryl methyl sites for hydroxylation is 2. The third-order valence-electron chi connectivity index (χ3n) is 4.35. The Hall–Kier alpha value is -3.14. The molecule has 1 aromatic heterocycles. The van der Waals surface area contributed by atoms with Crippen LogP contribution in [0.15, 0.2) is 42.5 Å². The number of benzene rings is 2. The second-order valence-electron chi connectivity index (χ2n) is 6.13. The quantitative estimate of drug-likeness (QED) is 0.706. The number of fused-ring (bicyclic) bond motifs is 2. The molecule has 24 heavy (non-hydrogen) atoms. The monoisotopic (exact) mass is 317 g/mol. The number of aromatic nitrogens is 1. The average Bonchev–Trinajstić information content (AvgIpc) is 2.78. The number of aromatic hydroxyl groups is 1. The van der Waals surface area contributed by atoms with E-state index in [1.165, 1.54) is 0 Å². The average molecular weight is 317 g/mol. The predicted octanol–water partition coefficient (Wildman–Crippen LogP) is 4.18. The molecule has 0 saturated carbocycles. The Bertz CT molecular complexity index is 1060. The Morgan fingerprint density at radius 1 is 0.958 bits per heavy atom. The summed E-state index contributed by atoms with van der Waals surface area (Å²) in [6.07, 6.45) is 0. The van der Waals surface area contributed by atoms with Gasteiger partial charge in [0, 0.05) is 16.5 Å². The number of pyridine rings is 1. The van der Waals surface area contributed by atoms with Gasteiger partial charge in [-0.25, -0.2) is 4.98 Å². The molecule has 0 fully saturated rings. The van der Waals surface area contributed by atoms with E-state index in [1.807, 2.05) is 26.0 Å². The molecule has 0 bridgehead atoms. The van der Waals surface area contributed by atoms with Crippen molar-refractivity contribution >= 4 is 28.0 Å². The molecular weight excluding hydrogens is 302 g/mol. The van der Waals surface area contributed by atoms with Gasteiger partial charge in [0.25, 0.3) is 0 Å². The molecule has 1 heterocycles. The normalized spacial score (nSPS) is 13.7. The molecule has 1 aliphatic rings. The number of hydrogen-bond acceptors (Lipinski definition) is 4. The summed E-state index contributed by atoms with van der Waals surface area (Å²) in [6.45, 7) is 3.81. The summed E-state index contributed by atoms with van der Waals surface area (Å²) >= 11 is 0. The molecule has 4 rings (SSSR count). The number of carbonyl (C=O) groups is 1. The number of rotatable bonds is 1. The summed E-state index contributed by atoms with van der Waals surface area (Å²) in [5, 5.41) is 20.9. The highest BCUT2D eigenvalue weighted by Gasteiger charge is 2.33. The molecule has 1 aliphatic carbocycles. The zero-order valence-corrected chi connectivity index (χ0v) is 13.3. The summed E-state index contributed by atoms with van der Waals surface area (Å²) < 4.78 is 0. The maximum absolute atomic E-state index is 12.8. The Kier molecular flexibility index (Phi) is 2.97. The molecular formula is C20H15NO3. The zero-order chi connectivity index (χ0) is 17.0. The van der Waals surface area contributed by atoms with Gasteiger partial charge < -0.3 is 10.2 Å². The Morgan fingerprint density at radius 3 is 2.54 bits per heavy atom. The van der Waals surface area contributed by atoms with E-state index in [0.717, 1.165) is 16.5 Å². The van der Waals surface area contributed by atoms with E-state index in [9.17, 15) is 15.0 Å². The molecule has 118 valence electrons. The predicted molar refractivity (Wildman–Crippen MR) is 93.1 cm³/mol. The first-order valence-corrected chi connectivity index (χ1v) is 7.65. The number of Topliss-reactive ketones (excluding diaryl/α,β-unsaturated/α-hetero) is 1. The van der Waals surface area contributed by atoms with Gasteiger partial charge in [-0.05, 0) is 49.7 Å². The second-order valence-corrected chi connectivity index (χ2v) is 6.13. The van der Waals surface area contributed by atoms with Crippen molar-refractivity contribution < 1.29 is 15.0 Å². The van der Waals surface area contributed by atoms with Gasteiger partial charge in [0.2, 0.25) is 0 Å². The van der Waals surface area contributed by atoms with Gasteiger partial charge in [-0.2, -0.15) is 0 Å². The van der Waals surface area contributed by atoms with Crippen molar-refractivity contribution in [3.05, 3.63) is 70.4 Å². The summed E-state index contributed by atoms with van der Waals surface area (Å²) in [5.41, 5.74) is 4.27. The van der Waals surface area contributed by atoms with Crippen LogP contribution >= 0.6 is 0 Å². The summed E-state index contributed by atoms with van der Waals surface area (Å²) in [6, 6.07) is 12.1. The lowest BCUT2D eigenvalue weighted by Crippen LogP contribution is -2.02. The highest BCUT2D eigenvalue weighted by atomic mass is 16.3. The van der Waals surface area contributed by atoms with E-state index >= 15 is 0 Å². The fourth-order valence-corrected chi connectivity index (χ4v) is 3.31. The van der Waals surface area contributed by atoms with Gasteiger partial charge in [0.1, 0.15) is 11.5 Å². The van der Waals surface area contributed by atoms with Crippen LogP contribution in [-0.2, 0) is 0 Å². The lowest BCUT2D eigenvalue weighted by molar-refractivity contribution is 0.105. The van der Waals surface area contributed by atoms with E-state index in [0.29, 0.717) is 22.3 Å². The first-order valence-electron chi connectivity index (χ1n) is 7.65. The highest BCUT2D eigenvalue weighted by molar-refractivity contribution is 6.39. The molecule has 4 heteroatoms. The number of phenolic OH excluding ortho intramolecular Hbond substituents is 1. The number of ketones is 1. The molecule has 0 atom stereocenters. The molecule has 2 N–H and O–H groups in total. The van der Waals surface area contributed by atoms with E-state index in [2.05, 4.69) is 4.98 Å². The minimum Gasteiger partial charge on any atom is -0.508 e. The van der Waals surface area contributed by atoms with Crippen LogP contribution in [0.3, 0.4) is 0 Å². The maximum atomic E-state index is 12.8. The molecule has 0 aliphatic heterocycles. The standard InChI is InChI=1S/C20H15NO3/c1-10-7-11(2)17-14(8-10)19(23)18(20(17)24)16-5-3-12-9-13(22)4-6-15(12)21-16/h3-9,22-23H,1-2H3. The Balaban J connectivity index is 1.92. The van der Waals surface area contributed by atoms with Gasteiger partial charge >= 0.3 is 0 Å². The van der Waals surface area contributed by atoms with Gasteiger partial charge in [-0.3, -0.25) is 4.79 Å². The topological polar surface area (TPSA) is 70.4 Å².